The van der Waals surface area contributed by atoms with Gasteiger partial charge in [-0.3, -0.25) is 9.52 Å². The number of phenolic OH excluding ortho intramolecular Hbond substituents is 1. The molecule has 3 aromatic rings. The molecule has 0 spiro atoms. The normalized spacial score (nSPS) is 21.6. The highest BCUT2D eigenvalue weighted by Crippen LogP contribution is 2.31. The Balaban J connectivity index is 0.00000520. The van der Waals surface area contributed by atoms with Crippen LogP contribution in [0.4, 0.5) is 34.9 Å². The highest BCUT2D eigenvalue weighted by molar-refractivity contribution is 7.92. The highest BCUT2D eigenvalue weighted by Gasteiger charge is 2.29. The summed E-state index contributed by atoms with van der Waals surface area (Å²) in [5, 5.41) is 16.6. The summed E-state index contributed by atoms with van der Waals surface area (Å²) in [4.78, 5) is 30.0. The summed E-state index contributed by atoms with van der Waals surface area (Å²) >= 11 is 0. The van der Waals surface area contributed by atoms with Crippen LogP contribution in [0, 0.1) is 5.41 Å². The number of carbonyl (C=O) groups excluding carboxylic acids is 1. The van der Waals surface area contributed by atoms with Gasteiger partial charge >= 0.3 is 0 Å². The largest absolute Gasteiger partial charge is 0.506 e. The molecular formula is C30H45ClN12O4S. The summed E-state index contributed by atoms with van der Waals surface area (Å²) in [6.07, 6.45) is 1.37. The zero-order chi connectivity index (χ0) is 34.1. The number of amides is 1. The van der Waals surface area contributed by atoms with Gasteiger partial charge in [0.25, 0.3) is 10.0 Å². The molecule has 2 aliphatic heterocycles. The Kier molecular flexibility index (Phi) is 11.2. The van der Waals surface area contributed by atoms with E-state index >= 15 is 0 Å². The molecule has 1 aromatic heterocycles. The maximum Gasteiger partial charge on any atom is 0.262 e. The number of nitrogens with two attached hydrogens (primary N) is 4. The van der Waals surface area contributed by atoms with Gasteiger partial charge in [-0.1, -0.05) is 20.8 Å². The molecule has 48 heavy (non-hydrogen) atoms. The standard InChI is InChI=1S/C30H44N12O4S.ClH/c1-30(2,3)26(44)35-21-4-7-23(8-5-21)47(45,46)40-24-9-6-22(12-25(24)43)36-27-37-28(41-13-17(31)10-18(32)14-41)39-29(38-27)42-15-19(33)11-20(34)16-42;/h4-9,12,17-20,40,43H,10-11,13-16,31-34H2,1-3H3,(H,35,44)(H,36,37,38,39);1H/t17-,18+,19-,20+;. The van der Waals surface area contributed by atoms with E-state index in [1.807, 2.05) is 9.80 Å². The van der Waals surface area contributed by atoms with E-state index in [1.54, 1.807) is 26.8 Å². The molecule has 18 heteroatoms. The predicted octanol–water partition coefficient (Wildman–Crippen LogP) is 1.26. The first-order valence-electron chi connectivity index (χ1n) is 15.4. The average Bonchev–Trinajstić information content (AvgIpc) is 2.97. The van der Waals surface area contributed by atoms with Crippen LogP contribution in [-0.4, -0.2) is 84.7 Å². The van der Waals surface area contributed by atoms with Crippen LogP contribution < -0.4 is 48.1 Å². The number of benzene rings is 2. The Morgan fingerprint density at radius 2 is 1.29 bits per heavy atom. The van der Waals surface area contributed by atoms with E-state index in [2.05, 4.69) is 25.3 Å². The van der Waals surface area contributed by atoms with Gasteiger partial charge in [-0.15, -0.1) is 12.4 Å². The van der Waals surface area contributed by atoms with E-state index in [4.69, 9.17) is 27.9 Å². The van der Waals surface area contributed by atoms with Gasteiger partial charge in [-0.05, 0) is 49.2 Å². The van der Waals surface area contributed by atoms with E-state index in [9.17, 15) is 18.3 Å². The van der Waals surface area contributed by atoms with Gasteiger partial charge in [0.1, 0.15) is 5.75 Å². The van der Waals surface area contributed by atoms with Crippen molar-refractivity contribution in [1.82, 2.24) is 15.0 Å². The number of phenols is 1. The number of aromatic nitrogens is 3. The van der Waals surface area contributed by atoms with Crippen molar-refractivity contribution in [2.45, 2.75) is 62.7 Å². The lowest BCUT2D eigenvalue weighted by Crippen LogP contribution is -2.54. The Hall–Kier alpha value is -4.00. The van der Waals surface area contributed by atoms with Crippen LogP contribution in [0.2, 0.25) is 0 Å². The number of nitrogens with one attached hydrogen (secondary N) is 3. The number of piperidine rings is 2. The minimum Gasteiger partial charge on any atom is -0.506 e. The lowest BCUT2D eigenvalue weighted by atomic mass is 9.95. The van der Waals surface area contributed by atoms with Gasteiger partial charge in [0.05, 0.1) is 10.6 Å². The Bertz CT molecular complexity index is 1640. The second-order valence-corrected chi connectivity index (χ2v) is 15.0. The van der Waals surface area contributed by atoms with E-state index in [-0.39, 0.29) is 64.8 Å². The molecule has 4 atom stereocenters. The molecule has 2 fully saturated rings. The quantitative estimate of drug-likeness (QED) is 0.154. The molecule has 0 aliphatic carbocycles. The van der Waals surface area contributed by atoms with Crippen LogP contribution in [0.5, 0.6) is 5.75 Å². The van der Waals surface area contributed by atoms with Crippen LogP contribution in [0.1, 0.15) is 33.6 Å². The number of carbonyl (C=O) groups is 1. The zero-order valence-corrected chi connectivity index (χ0v) is 28.8. The monoisotopic (exact) mass is 704 g/mol. The van der Waals surface area contributed by atoms with E-state index < -0.39 is 15.4 Å². The van der Waals surface area contributed by atoms with Crippen molar-refractivity contribution >= 4 is 63.2 Å². The summed E-state index contributed by atoms with van der Waals surface area (Å²) in [5.41, 5.74) is 25.2. The van der Waals surface area contributed by atoms with Gasteiger partial charge in [0.2, 0.25) is 23.8 Å². The molecule has 0 saturated carbocycles. The molecule has 5 rings (SSSR count). The summed E-state index contributed by atoms with van der Waals surface area (Å²) in [6, 6.07) is 9.50. The predicted molar refractivity (Wildman–Crippen MR) is 189 cm³/mol. The number of rotatable bonds is 8. The van der Waals surface area contributed by atoms with Gasteiger partial charge in [0.15, 0.2) is 0 Å². The van der Waals surface area contributed by atoms with Crippen LogP contribution in [0.25, 0.3) is 0 Å². The summed E-state index contributed by atoms with van der Waals surface area (Å²) in [6.45, 7) is 7.39. The fraction of sp³-hybridized carbons (Fsp3) is 0.467. The smallest absolute Gasteiger partial charge is 0.262 e. The van der Waals surface area contributed by atoms with E-state index in [0.29, 0.717) is 62.3 Å². The molecule has 2 aliphatic rings. The van der Waals surface area contributed by atoms with Gasteiger partial charge in [-0.2, -0.15) is 15.0 Å². The second-order valence-electron chi connectivity index (χ2n) is 13.3. The van der Waals surface area contributed by atoms with Crippen molar-refractivity contribution in [3.63, 3.8) is 0 Å². The molecule has 0 unspecified atom stereocenters. The summed E-state index contributed by atoms with van der Waals surface area (Å²) < 4.78 is 28.6. The minimum atomic E-state index is -4.06. The number of anilines is 6. The molecule has 2 aromatic carbocycles. The van der Waals surface area contributed by atoms with Crippen LogP contribution in [0.3, 0.4) is 0 Å². The average molecular weight is 705 g/mol. The Morgan fingerprint density at radius 1 is 0.812 bits per heavy atom. The zero-order valence-electron chi connectivity index (χ0n) is 27.1. The van der Waals surface area contributed by atoms with E-state index in [1.165, 1.54) is 36.4 Å². The third-order valence-corrected chi connectivity index (χ3v) is 9.19. The Morgan fingerprint density at radius 3 is 1.75 bits per heavy atom. The number of hydrogen-bond acceptors (Lipinski definition) is 14. The number of hydrogen-bond donors (Lipinski definition) is 8. The maximum atomic E-state index is 13.1. The number of halogens is 1. The third-order valence-electron chi connectivity index (χ3n) is 7.81. The number of aromatic hydroxyl groups is 1. The Labute approximate surface area is 286 Å². The van der Waals surface area contributed by atoms with Crippen molar-refractivity contribution in [2.24, 2.45) is 28.3 Å². The van der Waals surface area contributed by atoms with Gasteiger partial charge in [-0.25, -0.2) is 8.42 Å². The summed E-state index contributed by atoms with van der Waals surface area (Å²) in [7, 11) is -4.06. The highest BCUT2D eigenvalue weighted by atomic mass is 35.5. The first kappa shape index (κ1) is 36.8. The lowest BCUT2D eigenvalue weighted by molar-refractivity contribution is -0.123. The fourth-order valence-corrected chi connectivity index (χ4v) is 6.52. The van der Waals surface area contributed by atoms with Gasteiger partial charge < -0.3 is 48.5 Å². The fourth-order valence-electron chi connectivity index (χ4n) is 5.44. The number of sulfonamides is 1. The first-order chi connectivity index (χ1) is 22.1. The maximum absolute atomic E-state index is 13.1. The molecule has 12 N–H and O–H groups in total. The number of nitrogens with zero attached hydrogens (tertiary/aromatic N) is 5. The second kappa shape index (κ2) is 14.6. The summed E-state index contributed by atoms with van der Waals surface area (Å²) in [5.74, 6) is 0.427. The van der Waals surface area contributed by atoms with Crippen LogP contribution in [0.15, 0.2) is 47.4 Å². The van der Waals surface area contributed by atoms with Gasteiger partial charge in [0, 0.05) is 73.2 Å². The van der Waals surface area contributed by atoms with Crippen LogP contribution >= 0.6 is 12.4 Å². The van der Waals surface area contributed by atoms with Crippen molar-refractivity contribution < 1.29 is 18.3 Å². The minimum absolute atomic E-state index is 0. The molecule has 2 saturated heterocycles. The molecular weight excluding hydrogens is 660 g/mol. The SMILES string of the molecule is CC(C)(C)C(=O)Nc1ccc(S(=O)(=O)Nc2ccc(Nc3nc(N4C[C@H](N)C[C@H](N)C4)nc(N4C[C@H](N)C[C@H](N)C4)n3)cc2O)cc1.Cl. The van der Waals surface area contributed by atoms with Crippen LogP contribution in [-0.2, 0) is 14.8 Å². The molecule has 16 nitrogen and oxygen atoms in total. The molecule has 0 bridgehead atoms. The van der Waals surface area contributed by atoms with E-state index in [0.717, 1.165) is 0 Å². The first-order valence-corrected chi connectivity index (χ1v) is 16.9. The lowest BCUT2D eigenvalue weighted by Gasteiger charge is -2.37. The van der Waals surface area contributed by atoms with Crippen molar-refractivity contribution in [3.05, 3.63) is 42.5 Å². The van der Waals surface area contributed by atoms with Crippen molar-refractivity contribution in [3.8, 4) is 5.75 Å². The van der Waals surface area contributed by atoms with Crippen molar-refractivity contribution in [2.75, 3.05) is 51.3 Å². The van der Waals surface area contributed by atoms with Crippen molar-refractivity contribution in [1.29, 1.82) is 0 Å². The molecule has 1 amide bonds. The third kappa shape index (κ3) is 9.12. The molecule has 3 heterocycles. The topological polar surface area (TPSA) is 257 Å². The molecule has 0 radical (unpaired) electrons. The molecule has 262 valence electrons.